The van der Waals surface area contributed by atoms with Crippen molar-refractivity contribution in [3.8, 4) is 0 Å². The smallest absolute Gasteiger partial charge is 0.138 e. The van der Waals surface area contributed by atoms with Gasteiger partial charge in [-0.1, -0.05) is 18.3 Å². The monoisotopic (exact) mass is 258 g/mol. The molecule has 5 heteroatoms. The standard InChI is InChI=1S/C13H14N4S/c1-17(9-10-5-2-3-7-15-10)13-11(12(14)18)6-4-8-16-13/h2-8H,9H2,1H3,(H2,14,18). The first-order chi connectivity index (χ1) is 8.68. The number of nitrogens with zero attached hydrogens (tertiary/aromatic N) is 3. The summed E-state index contributed by atoms with van der Waals surface area (Å²) in [5, 5.41) is 0. The van der Waals surface area contributed by atoms with Gasteiger partial charge in [0.15, 0.2) is 0 Å². The van der Waals surface area contributed by atoms with Crippen molar-refractivity contribution >= 4 is 23.0 Å². The molecule has 0 saturated heterocycles. The molecule has 0 unspecified atom stereocenters. The lowest BCUT2D eigenvalue weighted by Crippen LogP contribution is -2.23. The third kappa shape index (κ3) is 2.81. The highest BCUT2D eigenvalue weighted by Crippen LogP contribution is 2.17. The summed E-state index contributed by atoms with van der Waals surface area (Å²) in [6, 6.07) is 9.53. The minimum absolute atomic E-state index is 0.353. The van der Waals surface area contributed by atoms with E-state index >= 15 is 0 Å². The number of thiocarbonyl (C=S) groups is 1. The molecule has 92 valence electrons. The van der Waals surface area contributed by atoms with Crippen molar-refractivity contribution in [2.45, 2.75) is 6.54 Å². The predicted molar refractivity (Wildman–Crippen MR) is 76.5 cm³/mol. The summed E-state index contributed by atoms with van der Waals surface area (Å²) in [7, 11) is 1.94. The summed E-state index contributed by atoms with van der Waals surface area (Å²) in [5.41, 5.74) is 7.45. The van der Waals surface area contributed by atoms with Gasteiger partial charge in [-0.15, -0.1) is 0 Å². The Hall–Kier alpha value is -2.01. The highest BCUT2D eigenvalue weighted by molar-refractivity contribution is 7.80. The Balaban J connectivity index is 2.24. The van der Waals surface area contributed by atoms with Gasteiger partial charge in [-0.25, -0.2) is 4.98 Å². The molecule has 4 nitrogen and oxygen atoms in total. The lowest BCUT2D eigenvalue weighted by atomic mass is 10.2. The number of hydrogen-bond donors (Lipinski definition) is 1. The zero-order chi connectivity index (χ0) is 13.0. The van der Waals surface area contributed by atoms with Gasteiger partial charge >= 0.3 is 0 Å². The number of anilines is 1. The maximum Gasteiger partial charge on any atom is 0.138 e. The van der Waals surface area contributed by atoms with Crippen LogP contribution in [0.2, 0.25) is 0 Å². The Kier molecular flexibility index (Phi) is 3.84. The Labute approximate surface area is 111 Å². The van der Waals surface area contributed by atoms with E-state index in [4.69, 9.17) is 18.0 Å². The lowest BCUT2D eigenvalue weighted by molar-refractivity contribution is 0.864. The number of aromatic nitrogens is 2. The first-order valence-electron chi connectivity index (χ1n) is 5.54. The minimum atomic E-state index is 0.353. The molecule has 0 aromatic carbocycles. The molecule has 18 heavy (non-hydrogen) atoms. The topological polar surface area (TPSA) is 55.0 Å². The fourth-order valence-corrected chi connectivity index (χ4v) is 1.86. The van der Waals surface area contributed by atoms with Gasteiger partial charge < -0.3 is 10.6 Å². The van der Waals surface area contributed by atoms with Gasteiger partial charge in [-0.3, -0.25) is 4.98 Å². The average Bonchev–Trinajstić information content (AvgIpc) is 2.40. The first-order valence-corrected chi connectivity index (χ1v) is 5.95. The third-order valence-electron chi connectivity index (χ3n) is 2.54. The summed E-state index contributed by atoms with van der Waals surface area (Å²) in [6.45, 7) is 0.660. The number of nitrogens with two attached hydrogens (primary N) is 1. The van der Waals surface area contributed by atoms with E-state index in [-0.39, 0.29) is 0 Å². The summed E-state index contributed by atoms with van der Waals surface area (Å²) in [5.74, 6) is 0.774. The average molecular weight is 258 g/mol. The summed E-state index contributed by atoms with van der Waals surface area (Å²) >= 11 is 5.03. The second-order valence-corrected chi connectivity index (χ2v) is 4.36. The molecule has 0 bridgehead atoms. The highest BCUT2D eigenvalue weighted by Gasteiger charge is 2.11. The van der Waals surface area contributed by atoms with E-state index in [2.05, 4.69) is 9.97 Å². The zero-order valence-corrected chi connectivity index (χ0v) is 10.9. The summed E-state index contributed by atoms with van der Waals surface area (Å²) in [6.07, 6.45) is 3.50. The normalized spacial score (nSPS) is 10.1. The van der Waals surface area contributed by atoms with Crippen LogP contribution in [0.1, 0.15) is 11.3 Å². The second kappa shape index (κ2) is 5.55. The molecule has 0 saturated carbocycles. The molecule has 2 aromatic heterocycles. The van der Waals surface area contributed by atoms with E-state index in [9.17, 15) is 0 Å². The Bertz CT molecular complexity index is 542. The van der Waals surface area contributed by atoms with Crippen LogP contribution in [0, 0.1) is 0 Å². The van der Waals surface area contributed by atoms with Crippen molar-refractivity contribution in [1.29, 1.82) is 0 Å². The fourth-order valence-electron chi connectivity index (χ4n) is 1.70. The maximum atomic E-state index is 5.69. The number of hydrogen-bond acceptors (Lipinski definition) is 4. The lowest BCUT2D eigenvalue weighted by Gasteiger charge is -2.20. The van der Waals surface area contributed by atoms with E-state index < -0.39 is 0 Å². The van der Waals surface area contributed by atoms with Crippen LogP contribution in [-0.4, -0.2) is 22.0 Å². The van der Waals surface area contributed by atoms with Gasteiger partial charge in [0, 0.05) is 19.4 Å². The fraction of sp³-hybridized carbons (Fsp3) is 0.154. The van der Waals surface area contributed by atoms with Crippen molar-refractivity contribution < 1.29 is 0 Å². The molecule has 0 aliphatic carbocycles. The van der Waals surface area contributed by atoms with Gasteiger partial charge in [0.2, 0.25) is 0 Å². The third-order valence-corrected chi connectivity index (χ3v) is 2.76. The minimum Gasteiger partial charge on any atom is -0.389 e. The van der Waals surface area contributed by atoms with Crippen LogP contribution in [-0.2, 0) is 6.54 Å². The Morgan fingerprint density at radius 1 is 1.22 bits per heavy atom. The Morgan fingerprint density at radius 3 is 2.67 bits per heavy atom. The van der Waals surface area contributed by atoms with Gasteiger partial charge in [0.25, 0.3) is 0 Å². The molecule has 0 atom stereocenters. The van der Waals surface area contributed by atoms with E-state index in [1.165, 1.54) is 0 Å². The molecule has 0 radical (unpaired) electrons. The van der Waals surface area contributed by atoms with Crippen LogP contribution < -0.4 is 10.6 Å². The van der Waals surface area contributed by atoms with Crippen LogP contribution in [0.5, 0.6) is 0 Å². The van der Waals surface area contributed by atoms with E-state index in [0.717, 1.165) is 17.1 Å². The molecule has 2 N–H and O–H groups in total. The van der Waals surface area contributed by atoms with Crippen molar-refractivity contribution in [3.63, 3.8) is 0 Å². The zero-order valence-electron chi connectivity index (χ0n) is 10.1. The summed E-state index contributed by atoms with van der Waals surface area (Å²) in [4.78, 5) is 10.9. The van der Waals surface area contributed by atoms with Crippen molar-refractivity contribution in [1.82, 2.24) is 9.97 Å². The highest BCUT2D eigenvalue weighted by atomic mass is 32.1. The quantitative estimate of drug-likeness (QED) is 0.847. The SMILES string of the molecule is CN(Cc1ccccn1)c1ncccc1C(N)=S. The molecular weight excluding hydrogens is 244 g/mol. The van der Waals surface area contributed by atoms with E-state index in [1.54, 1.807) is 12.4 Å². The first kappa shape index (κ1) is 12.4. The Morgan fingerprint density at radius 2 is 2.00 bits per heavy atom. The van der Waals surface area contributed by atoms with Crippen LogP contribution in [0.3, 0.4) is 0 Å². The molecular formula is C13H14N4S. The van der Waals surface area contributed by atoms with Crippen molar-refractivity contribution in [3.05, 3.63) is 54.0 Å². The second-order valence-electron chi connectivity index (χ2n) is 3.92. The van der Waals surface area contributed by atoms with Gasteiger partial charge in [0.05, 0.1) is 17.8 Å². The molecule has 0 aliphatic heterocycles. The van der Waals surface area contributed by atoms with Crippen LogP contribution >= 0.6 is 12.2 Å². The van der Waals surface area contributed by atoms with Crippen LogP contribution in [0.25, 0.3) is 0 Å². The molecule has 0 aliphatic rings. The largest absolute Gasteiger partial charge is 0.389 e. The molecule has 0 spiro atoms. The molecule has 2 heterocycles. The summed E-state index contributed by atoms with van der Waals surface area (Å²) < 4.78 is 0. The predicted octanol–water partition coefficient (Wildman–Crippen LogP) is 1.75. The number of rotatable bonds is 4. The maximum absolute atomic E-state index is 5.69. The number of pyridine rings is 2. The van der Waals surface area contributed by atoms with Gasteiger partial charge in [-0.05, 0) is 24.3 Å². The van der Waals surface area contributed by atoms with Gasteiger partial charge in [-0.2, -0.15) is 0 Å². The van der Waals surface area contributed by atoms with Crippen LogP contribution in [0.4, 0.5) is 5.82 Å². The molecule has 2 rings (SSSR count). The molecule has 0 amide bonds. The molecule has 0 fully saturated rings. The van der Waals surface area contributed by atoms with Crippen molar-refractivity contribution in [2.24, 2.45) is 5.73 Å². The molecule has 2 aromatic rings. The van der Waals surface area contributed by atoms with Crippen molar-refractivity contribution in [2.75, 3.05) is 11.9 Å². The van der Waals surface area contributed by atoms with E-state index in [0.29, 0.717) is 11.5 Å². The van der Waals surface area contributed by atoms with Crippen LogP contribution in [0.15, 0.2) is 42.7 Å². The van der Waals surface area contributed by atoms with E-state index in [1.807, 2.05) is 42.3 Å². The van der Waals surface area contributed by atoms with Gasteiger partial charge in [0.1, 0.15) is 10.8 Å².